The van der Waals surface area contributed by atoms with Crippen LogP contribution in [-0.4, -0.2) is 22.0 Å². The minimum atomic E-state index is 0.551. The zero-order chi connectivity index (χ0) is 23.1. The van der Waals surface area contributed by atoms with Crippen LogP contribution >= 0.6 is 0 Å². The van der Waals surface area contributed by atoms with Crippen molar-refractivity contribution in [3.8, 4) is 0 Å². The summed E-state index contributed by atoms with van der Waals surface area (Å²) in [5.74, 6) is 0. The van der Waals surface area contributed by atoms with Gasteiger partial charge in [-0.15, -0.1) is 0 Å². The van der Waals surface area contributed by atoms with Crippen molar-refractivity contribution >= 4 is 5.69 Å². The lowest BCUT2D eigenvalue weighted by Gasteiger charge is -2.16. The Balaban J connectivity index is 0.000000186. The van der Waals surface area contributed by atoms with Gasteiger partial charge in [0.1, 0.15) is 0 Å². The predicted molar refractivity (Wildman–Crippen MR) is 134 cm³/mol. The van der Waals surface area contributed by atoms with Crippen molar-refractivity contribution in [1.29, 1.82) is 0 Å². The molecule has 0 aliphatic rings. The highest BCUT2D eigenvalue weighted by molar-refractivity contribution is 5.42. The molecule has 4 heteroatoms. The number of benzene rings is 4. The topological polar surface area (TPSA) is 46.9 Å². The van der Waals surface area contributed by atoms with Crippen LogP contribution < -0.4 is 5.06 Å². The average molecular weight is 441 g/mol. The van der Waals surface area contributed by atoms with Crippen LogP contribution in [0.3, 0.4) is 0 Å². The summed E-state index contributed by atoms with van der Waals surface area (Å²) in [4.78, 5) is 0. The molecule has 0 radical (unpaired) electrons. The standard InChI is InChI=1S/C15H17NO.C14H15NO/c17-16(15-11-5-2-6-12-15)13-7-10-14-8-3-1-4-9-14;16-15(11-13-7-3-1-4-8-13)12-14-9-5-2-6-10-14/h1-6,8-9,11-12,17H,7,10,13H2;1-10,16H,11-12H2. The smallest absolute Gasteiger partial charge is 0.0634 e. The largest absolute Gasteiger partial charge is 0.313 e. The monoisotopic (exact) mass is 440 g/mol. The van der Waals surface area contributed by atoms with Gasteiger partial charge in [-0.05, 0) is 41.7 Å². The van der Waals surface area contributed by atoms with Crippen molar-refractivity contribution in [1.82, 2.24) is 5.06 Å². The first-order valence-electron chi connectivity index (χ1n) is 11.3. The van der Waals surface area contributed by atoms with E-state index in [4.69, 9.17) is 0 Å². The van der Waals surface area contributed by atoms with Gasteiger partial charge >= 0.3 is 0 Å². The number of aryl methyl sites for hydroxylation is 1. The molecule has 0 aliphatic carbocycles. The lowest BCUT2D eigenvalue weighted by Crippen LogP contribution is -2.19. The van der Waals surface area contributed by atoms with Crippen LogP contribution in [0.4, 0.5) is 5.69 Å². The Morgan fingerprint density at radius 3 is 1.33 bits per heavy atom. The molecule has 0 atom stereocenters. The first-order chi connectivity index (χ1) is 16.2. The molecule has 4 nitrogen and oxygen atoms in total. The van der Waals surface area contributed by atoms with Gasteiger partial charge in [-0.2, -0.15) is 5.06 Å². The highest BCUT2D eigenvalue weighted by Crippen LogP contribution is 2.12. The van der Waals surface area contributed by atoms with Gasteiger partial charge in [-0.3, -0.25) is 10.3 Å². The zero-order valence-corrected chi connectivity index (χ0v) is 18.9. The maximum absolute atomic E-state index is 9.83. The Bertz CT molecular complexity index is 971. The fourth-order valence-electron chi connectivity index (χ4n) is 3.45. The molecule has 170 valence electrons. The molecule has 0 fully saturated rings. The summed E-state index contributed by atoms with van der Waals surface area (Å²) in [6, 6.07) is 39.8. The van der Waals surface area contributed by atoms with Crippen LogP contribution in [0.2, 0.25) is 0 Å². The fraction of sp³-hybridized carbons (Fsp3) is 0.172. The van der Waals surface area contributed by atoms with E-state index in [-0.39, 0.29) is 0 Å². The second kappa shape index (κ2) is 13.9. The molecule has 0 aliphatic heterocycles. The van der Waals surface area contributed by atoms with Gasteiger partial charge in [-0.1, -0.05) is 109 Å². The fourth-order valence-corrected chi connectivity index (χ4v) is 3.45. The number of anilines is 1. The van der Waals surface area contributed by atoms with Crippen LogP contribution in [0.5, 0.6) is 0 Å². The van der Waals surface area contributed by atoms with Crippen LogP contribution in [0.1, 0.15) is 23.1 Å². The summed E-state index contributed by atoms with van der Waals surface area (Å²) in [5.41, 5.74) is 4.39. The lowest BCUT2D eigenvalue weighted by atomic mass is 10.1. The SMILES string of the molecule is ON(CCCc1ccccc1)c1ccccc1.ON(Cc1ccccc1)Cc1ccccc1. The van der Waals surface area contributed by atoms with Crippen molar-refractivity contribution in [2.75, 3.05) is 11.6 Å². The number of hydroxylamine groups is 3. The molecular weight excluding hydrogens is 408 g/mol. The number of hydrogen-bond donors (Lipinski definition) is 2. The van der Waals surface area contributed by atoms with Crippen molar-refractivity contribution in [2.24, 2.45) is 0 Å². The summed E-state index contributed by atoms with van der Waals surface area (Å²) in [6.07, 6.45) is 1.93. The quantitative estimate of drug-likeness (QED) is 0.288. The summed E-state index contributed by atoms with van der Waals surface area (Å²) < 4.78 is 0. The molecule has 0 amide bonds. The maximum atomic E-state index is 9.83. The number of nitrogens with zero attached hydrogens (tertiary/aromatic N) is 2. The number of para-hydroxylation sites is 1. The van der Waals surface area contributed by atoms with Crippen molar-refractivity contribution in [3.63, 3.8) is 0 Å². The van der Waals surface area contributed by atoms with E-state index >= 15 is 0 Å². The highest BCUT2D eigenvalue weighted by Gasteiger charge is 2.03. The van der Waals surface area contributed by atoms with Crippen LogP contribution in [-0.2, 0) is 19.5 Å². The summed E-state index contributed by atoms with van der Waals surface area (Å²) in [5, 5.41) is 22.3. The average Bonchev–Trinajstić information content (AvgIpc) is 2.87. The summed E-state index contributed by atoms with van der Waals surface area (Å²) in [7, 11) is 0. The minimum Gasteiger partial charge on any atom is -0.313 e. The predicted octanol–water partition coefficient (Wildman–Crippen LogP) is 6.59. The minimum absolute atomic E-state index is 0.551. The Morgan fingerprint density at radius 1 is 0.485 bits per heavy atom. The number of rotatable bonds is 9. The molecule has 2 N–H and O–H groups in total. The number of hydrogen-bond acceptors (Lipinski definition) is 4. The molecule has 4 aromatic carbocycles. The van der Waals surface area contributed by atoms with Gasteiger partial charge in [0.2, 0.25) is 0 Å². The van der Waals surface area contributed by atoms with Crippen molar-refractivity contribution in [3.05, 3.63) is 138 Å². The molecule has 4 aromatic rings. The van der Waals surface area contributed by atoms with E-state index in [1.54, 1.807) is 0 Å². The van der Waals surface area contributed by atoms with Gasteiger partial charge < -0.3 is 5.21 Å². The Labute approximate surface area is 196 Å². The van der Waals surface area contributed by atoms with Gasteiger partial charge in [-0.25, -0.2) is 0 Å². The third kappa shape index (κ3) is 9.29. The molecule has 0 heterocycles. The Morgan fingerprint density at radius 2 is 0.879 bits per heavy atom. The normalized spacial score (nSPS) is 10.4. The van der Waals surface area contributed by atoms with E-state index in [9.17, 15) is 10.4 Å². The lowest BCUT2D eigenvalue weighted by molar-refractivity contribution is -0.108. The Hall–Kier alpha value is -3.44. The molecule has 0 saturated heterocycles. The Kier molecular flexibility index (Phi) is 10.2. The first kappa shape index (κ1) is 24.2. The van der Waals surface area contributed by atoms with E-state index < -0.39 is 0 Å². The molecule has 0 spiro atoms. The third-order valence-electron chi connectivity index (χ3n) is 5.15. The molecule has 0 aromatic heterocycles. The summed E-state index contributed by atoms with van der Waals surface area (Å²) in [6.45, 7) is 1.75. The van der Waals surface area contributed by atoms with Crippen molar-refractivity contribution < 1.29 is 10.4 Å². The third-order valence-corrected chi connectivity index (χ3v) is 5.15. The molecule has 0 unspecified atom stereocenters. The molecule has 33 heavy (non-hydrogen) atoms. The van der Waals surface area contributed by atoms with E-state index in [2.05, 4.69) is 12.1 Å². The van der Waals surface area contributed by atoms with Gasteiger partial charge in [0.05, 0.1) is 5.69 Å². The first-order valence-corrected chi connectivity index (χ1v) is 11.3. The van der Waals surface area contributed by atoms with Gasteiger partial charge in [0.25, 0.3) is 0 Å². The van der Waals surface area contributed by atoms with E-state index in [1.165, 1.54) is 15.7 Å². The second-order valence-corrected chi connectivity index (χ2v) is 7.84. The molecule has 0 bridgehead atoms. The van der Waals surface area contributed by atoms with Gasteiger partial charge in [0, 0.05) is 19.6 Å². The summed E-state index contributed by atoms with van der Waals surface area (Å²) >= 11 is 0. The van der Waals surface area contributed by atoms with Crippen LogP contribution in [0.15, 0.2) is 121 Å². The van der Waals surface area contributed by atoms with E-state index in [0.29, 0.717) is 19.6 Å². The van der Waals surface area contributed by atoms with Gasteiger partial charge in [0.15, 0.2) is 0 Å². The second-order valence-electron chi connectivity index (χ2n) is 7.84. The van der Waals surface area contributed by atoms with Crippen LogP contribution in [0.25, 0.3) is 0 Å². The zero-order valence-electron chi connectivity index (χ0n) is 18.9. The van der Waals surface area contributed by atoms with Crippen LogP contribution in [0, 0.1) is 0 Å². The van der Waals surface area contributed by atoms with E-state index in [1.807, 2.05) is 109 Å². The highest BCUT2D eigenvalue weighted by atomic mass is 16.5. The molecule has 4 rings (SSSR count). The molecular formula is C29H32N2O2. The maximum Gasteiger partial charge on any atom is 0.0634 e. The van der Waals surface area contributed by atoms with Crippen molar-refractivity contribution in [2.45, 2.75) is 25.9 Å². The van der Waals surface area contributed by atoms with E-state index in [0.717, 1.165) is 29.7 Å². The molecule has 0 saturated carbocycles.